The molecule has 2 amide bonds. The van der Waals surface area contributed by atoms with Crippen molar-refractivity contribution in [2.45, 2.75) is 88.9 Å². The van der Waals surface area contributed by atoms with Gasteiger partial charge in [0.25, 0.3) is 0 Å². The Kier molecular flexibility index (Phi) is 11.4. The van der Waals surface area contributed by atoms with E-state index in [9.17, 15) is 22.4 Å². The Morgan fingerprint density at radius 3 is 2.60 bits per heavy atom. The second-order valence-electron chi connectivity index (χ2n) is 13.6. The number of benzene rings is 1. The highest BCUT2D eigenvalue weighted by Gasteiger charge is 2.47. The number of halogens is 2. The molecule has 2 bridgehead atoms. The lowest BCUT2D eigenvalue weighted by molar-refractivity contribution is -0.121. The third kappa shape index (κ3) is 8.23. The first-order chi connectivity index (χ1) is 22.4. The van der Waals surface area contributed by atoms with Crippen molar-refractivity contribution in [2.75, 3.05) is 38.4 Å². The average Bonchev–Trinajstić information content (AvgIpc) is 3.17. The fourth-order valence-electron chi connectivity index (χ4n) is 8.05. The Hall–Kier alpha value is -2.87. The van der Waals surface area contributed by atoms with Crippen LogP contribution in [0.5, 0.6) is 0 Å². The number of amides is 2. The van der Waals surface area contributed by atoms with E-state index in [1.807, 2.05) is 6.92 Å². The molecule has 2 saturated heterocycles. The number of hydrogen-bond donors (Lipinski definition) is 3. The van der Waals surface area contributed by atoms with Crippen LogP contribution in [0.1, 0.15) is 63.9 Å². The standard InChI is InChI=1S/C34H48F2N4O6S/c1-34(17-15-23(35)16-18-34)30(22-9-12-26(45-2)13-10-22)31(39-33(42)46-3)32(41)38-29-8-4-7-28(36)27(29)14-11-25-20-37-24-6-5-19-47(43,44)40(25)21-24/h4,7-8,15-17,22,24-26,30-31,37H,5-6,9-14,18-21H2,1-3H3,(H,38,41)(H,39,42)/t22?,24-,25+,26?,30+,31+,34?/m1/s1. The number of nitrogens with one attached hydrogen (secondary N) is 3. The number of methoxy groups -OCH3 is 2. The minimum atomic E-state index is -3.42. The van der Waals surface area contributed by atoms with E-state index >= 15 is 4.39 Å². The molecule has 5 rings (SSSR count). The van der Waals surface area contributed by atoms with Crippen LogP contribution in [0.4, 0.5) is 19.3 Å². The molecule has 6 atom stereocenters. The number of allylic oxidation sites excluding steroid dienone is 4. The van der Waals surface area contributed by atoms with Crippen LogP contribution in [0, 0.1) is 23.1 Å². The third-order valence-corrected chi connectivity index (χ3v) is 12.6. The summed E-state index contributed by atoms with van der Waals surface area (Å²) in [5, 5.41) is 9.12. The zero-order valence-corrected chi connectivity index (χ0v) is 28.3. The second-order valence-corrected chi connectivity index (χ2v) is 15.7. The molecule has 1 saturated carbocycles. The van der Waals surface area contributed by atoms with Gasteiger partial charge in [0.05, 0.1) is 19.0 Å². The van der Waals surface area contributed by atoms with Gasteiger partial charge in [-0.3, -0.25) is 4.79 Å². The Balaban J connectivity index is 1.41. The molecule has 2 heterocycles. The average molecular weight is 679 g/mol. The molecule has 1 aromatic carbocycles. The molecular formula is C34H48F2N4O6S. The normalized spacial score (nSPS) is 31.5. The summed E-state index contributed by atoms with van der Waals surface area (Å²) in [4.78, 5) is 27.0. The van der Waals surface area contributed by atoms with Gasteiger partial charge in [-0.25, -0.2) is 22.0 Å². The van der Waals surface area contributed by atoms with Crippen LogP contribution in [0.2, 0.25) is 0 Å². The summed E-state index contributed by atoms with van der Waals surface area (Å²) < 4.78 is 67.7. The molecule has 3 N–H and O–H groups in total. The van der Waals surface area contributed by atoms with Gasteiger partial charge in [-0.1, -0.05) is 19.1 Å². The third-order valence-electron chi connectivity index (χ3n) is 10.6. The Bertz CT molecular complexity index is 1460. The van der Waals surface area contributed by atoms with Gasteiger partial charge in [-0.2, -0.15) is 4.31 Å². The number of alkyl carbamates (subject to hydrolysis) is 1. The van der Waals surface area contributed by atoms with Gasteiger partial charge < -0.3 is 25.4 Å². The van der Waals surface area contributed by atoms with Crippen LogP contribution in [0.25, 0.3) is 0 Å². The second kappa shape index (κ2) is 15.1. The number of anilines is 1. The molecule has 0 spiro atoms. The lowest BCUT2D eigenvalue weighted by Crippen LogP contribution is -2.57. The van der Waals surface area contributed by atoms with Crippen molar-refractivity contribution in [3.8, 4) is 0 Å². The van der Waals surface area contributed by atoms with Crippen molar-refractivity contribution in [3.05, 3.63) is 53.6 Å². The highest BCUT2D eigenvalue weighted by atomic mass is 32.2. The molecule has 260 valence electrons. The largest absolute Gasteiger partial charge is 0.453 e. The van der Waals surface area contributed by atoms with Crippen molar-refractivity contribution < 1.29 is 36.3 Å². The SMILES string of the molecule is COC(=O)N[C@H](C(=O)Nc1cccc(F)c1CC[C@H]1CN[C@@H]2CCCS(=O)(=O)N1C2)[C@H](C1CCC(OC)CC1)C1(C)C=CC(F)=CC1. The fraction of sp³-hybridized carbons (Fsp3) is 0.647. The maximum absolute atomic E-state index is 15.4. The predicted molar refractivity (Wildman–Crippen MR) is 175 cm³/mol. The zero-order chi connectivity index (χ0) is 33.8. The Labute approximate surface area is 276 Å². The number of hydrogen-bond acceptors (Lipinski definition) is 7. The minimum Gasteiger partial charge on any atom is -0.453 e. The van der Waals surface area contributed by atoms with Crippen molar-refractivity contribution in [2.24, 2.45) is 17.3 Å². The number of sulfonamides is 1. The zero-order valence-electron chi connectivity index (χ0n) is 27.5. The van der Waals surface area contributed by atoms with Crippen LogP contribution in [0.3, 0.4) is 0 Å². The summed E-state index contributed by atoms with van der Waals surface area (Å²) in [5.74, 6) is -1.77. The highest BCUT2D eigenvalue weighted by molar-refractivity contribution is 7.89. The molecule has 1 aromatic rings. The van der Waals surface area contributed by atoms with Gasteiger partial charge in [0.1, 0.15) is 17.7 Å². The first kappa shape index (κ1) is 35.4. The first-order valence-electron chi connectivity index (χ1n) is 16.7. The Morgan fingerprint density at radius 2 is 1.91 bits per heavy atom. The topological polar surface area (TPSA) is 126 Å². The Morgan fingerprint density at radius 1 is 1.15 bits per heavy atom. The lowest BCUT2D eigenvalue weighted by Gasteiger charge is -2.46. The first-order valence-corrected chi connectivity index (χ1v) is 18.3. The van der Waals surface area contributed by atoms with E-state index in [4.69, 9.17) is 9.47 Å². The van der Waals surface area contributed by atoms with Crippen molar-refractivity contribution in [1.29, 1.82) is 0 Å². The minimum absolute atomic E-state index is 0.0105. The summed E-state index contributed by atoms with van der Waals surface area (Å²) in [5.41, 5.74) is -0.166. The molecule has 10 nitrogen and oxygen atoms in total. The van der Waals surface area contributed by atoms with Crippen LogP contribution in [-0.4, -0.2) is 82.0 Å². The smallest absolute Gasteiger partial charge is 0.407 e. The number of ether oxygens (including phenoxy) is 2. The number of carbonyl (C=O) groups excluding carboxylic acids is 2. The maximum Gasteiger partial charge on any atom is 0.407 e. The van der Waals surface area contributed by atoms with E-state index in [0.717, 1.165) is 32.1 Å². The fourth-order valence-corrected chi connectivity index (χ4v) is 9.85. The highest BCUT2D eigenvalue weighted by Crippen LogP contribution is 2.47. The summed E-state index contributed by atoms with van der Waals surface area (Å²) in [6.45, 7) is 2.83. The van der Waals surface area contributed by atoms with Crippen molar-refractivity contribution in [1.82, 2.24) is 14.9 Å². The van der Waals surface area contributed by atoms with Crippen molar-refractivity contribution in [3.63, 3.8) is 0 Å². The van der Waals surface area contributed by atoms with E-state index < -0.39 is 45.2 Å². The number of nitrogens with zero attached hydrogens (tertiary/aromatic N) is 1. The quantitative estimate of drug-likeness (QED) is 0.324. The van der Waals surface area contributed by atoms with E-state index in [-0.39, 0.29) is 53.4 Å². The summed E-state index contributed by atoms with van der Waals surface area (Å²) in [6, 6.07) is 3.11. The summed E-state index contributed by atoms with van der Waals surface area (Å²) in [7, 11) is -0.514. The van der Waals surface area contributed by atoms with Crippen LogP contribution >= 0.6 is 0 Å². The van der Waals surface area contributed by atoms with Gasteiger partial charge in [-0.15, -0.1) is 0 Å². The molecule has 2 aliphatic carbocycles. The van der Waals surface area contributed by atoms with Crippen LogP contribution in [-0.2, 0) is 30.7 Å². The lowest BCUT2D eigenvalue weighted by atomic mass is 9.61. The van der Waals surface area contributed by atoms with Gasteiger partial charge in [0.15, 0.2) is 0 Å². The number of fused-ring (bicyclic) bond motifs is 2. The molecule has 4 aliphatic rings. The monoisotopic (exact) mass is 678 g/mol. The number of piperazine rings is 1. The number of rotatable bonds is 10. The summed E-state index contributed by atoms with van der Waals surface area (Å²) in [6.07, 6.45) is 9.32. The van der Waals surface area contributed by atoms with Gasteiger partial charge in [0, 0.05) is 49.5 Å². The van der Waals surface area contributed by atoms with Crippen LogP contribution in [0.15, 0.2) is 42.3 Å². The molecule has 2 aliphatic heterocycles. The van der Waals surface area contributed by atoms with Crippen LogP contribution < -0.4 is 16.0 Å². The maximum atomic E-state index is 15.4. The van der Waals surface area contributed by atoms with Gasteiger partial charge in [0.2, 0.25) is 15.9 Å². The van der Waals surface area contributed by atoms with Crippen molar-refractivity contribution >= 4 is 27.7 Å². The van der Waals surface area contributed by atoms with E-state index in [0.29, 0.717) is 32.4 Å². The molecular weight excluding hydrogens is 630 g/mol. The molecule has 2 unspecified atom stereocenters. The van der Waals surface area contributed by atoms with E-state index in [1.54, 1.807) is 23.6 Å². The molecule has 0 radical (unpaired) electrons. The predicted octanol–water partition coefficient (Wildman–Crippen LogP) is 4.83. The van der Waals surface area contributed by atoms with Gasteiger partial charge in [-0.05, 0) is 93.4 Å². The molecule has 47 heavy (non-hydrogen) atoms. The summed E-state index contributed by atoms with van der Waals surface area (Å²) >= 11 is 0. The van der Waals surface area contributed by atoms with E-state index in [1.165, 1.54) is 31.4 Å². The van der Waals surface area contributed by atoms with Gasteiger partial charge >= 0.3 is 6.09 Å². The molecule has 3 fully saturated rings. The molecule has 13 heteroatoms. The van der Waals surface area contributed by atoms with E-state index in [2.05, 4.69) is 16.0 Å². The molecule has 0 aromatic heterocycles. The number of carbonyl (C=O) groups is 2.